The van der Waals surface area contributed by atoms with E-state index in [1.54, 1.807) is 0 Å². The first kappa shape index (κ1) is 8.37. The van der Waals surface area contributed by atoms with Crippen molar-refractivity contribution in [3.05, 3.63) is 0 Å². The molecule has 1 fully saturated rings. The third-order valence-electron chi connectivity index (χ3n) is 2.12. The van der Waals surface area contributed by atoms with E-state index in [0.717, 1.165) is 19.0 Å². The molecule has 1 saturated heterocycles. The third kappa shape index (κ3) is 1.85. The maximum atomic E-state index is 4.24. The molecule has 0 unspecified atom stereocenters. The van der Waals surface area contributed by atoms with Crippen molar-refractivity contribution in [3.63, 3.8) is 0 Å². The van der Waals surface area contributed by atoms with Crippen LogP contribution in [0.25, 0.3) is 0 Å². The van der Waals surface area contributed by atoms with E-state index in [9.17, 15) is 0 Å². The predicted octanol–water partition coefficient (Wildman–Crippen LogP) is 0.630. The molecule has 0 N–H and O–H groups in total. The average Bonchev–Trinajstić information content (AvgIpc) is 2.12. The molecule has 0 aliphatic carbocycles. The Labute approximate surface area is 68.7 Å². The molecule has 1 aliphatic heterocycles. The van der Waals surface area contributed by atoms with E-state index in [-0.39, 0.29) is 0 Å². The normalized spacial score (nSPS) is 20.1. The molecule has 0 bridgehead atoms. The van der Waals surface area contributed by atoms with Gasteiger partial charge in [0, 0.05) is 34.2 Å². The van der Waals surface area contributed by atoms with Gasteiger partial charge in [-0.1, -0.05) is 0 Å². The number of guanidine groups is 1. The Balaban J connectivity index is 2.67. The van der Waals surface area contributed by atoms with Crippen LogP contribution >= 0.6 is 0 Å². The molecular formula is C8H17N3. The fourth-order valence-corrected chi connectivity index (χ4v) is 1.53. The molecule has 0 aromatic rings. The maximum Gasteiger partial charge on any atom is 0.195 e. The van der Waals surface area contributed by atoms with Gasteiger partial charge in [0.2, 0.25) is 0 Å². The molecule has 64 valence electrons. The molecule has 0 aromatic heterocycles. The lowest BCUT2D eigenvalue weighted by molar-refractivity contribution is 0.436. The second-order valence-corrected chi connectivity index (χ2v) is 3.07. The molecule has 0 amide bonds. The summed E-state index contributed by atoms with van der Waals surface area (Å²) in [4.78, 5) is 8.67. The summed E-state index contributed by atoms with van der Waals surface area (Å²) in [5.74, 6) is 1.11. The Morgan fingerprint density at radius 1 is 1.09 bits per heavy atom. The van der Waals surface area contributed by atoms with Gasteiger partial charge in [0.15, 0.2) is 5.96 Å². The summed E-state index contributed by atoms with van der Waals surface area (Å²) in [6.45, 7) is 2.27. The summed E-state index contributed by atoms with van der Waals surface area (Å²) >= 11 is 0. The van der Waals surface area contributed by atoms with Gasteiger partial charge in [-0.15, -0.1) is 0 Å². The van der Waals surface area contributed by atoms with Crippen LogP contribution < -0.4 is 0 Å². The van der Waals surface area contributed by atoms with Gasteiger partial charge in [-0.2, -0.15) is 0 Å². The van der Waals surface area contributed by atoms with Crippen LogP contribution in [-0.4, -0.2) is 50.0 Å². The number of aliphatic imine (C=N–C) groups is 1. The molecule has 1 heterocycles. The van der Waals surface area contributed by atoms with Gasteiger partial charge < -0.3 is 9.80 Å². The Kier molecular flexibility index (Phi) is 2.74. The minimum atomic E-state index is 1.11. The molecule has 0 aromatic carbocycles. The highest BCUT2D eigenvalue weighted by Crippen LogP contribution is 2.04. The molecule has 3 nitrogen and oxygen atoms in total. The molecular weight excluding hydrogens is 138 g/mol. The van der Waals surface area contributed by atoms with Crippen LogP contribution in [0.15, 0.2) is 4.99 Å². The molecule has 11 heavy (non-hydrogen) atoms. The molecule has 3 heteroatoms. The van der Waals surface area contributed by atoms with Crippen LogP contribution in [-0.2, 0) is 0 Å². The smallest absolute Gasteiger partial charge is 0.195 e. The van der Waals surface area contributed by atoms with Crippen LogP contribution in [0.5, 0.6) is 0 Å². The van der Waals surface area contributed by atoms with Crippen molar-refractivity contribution in [3.8, 4) is 0 Å². The van der Waals surface area contributed by atoms with Gasteiger partial charge in [-0.3, -0.25) is 4.99 Å². The second-order valence-electron chi connectivity index (χ2n) is 3.07. The van der Waals surface area contributed by atoms with E-state index < -0.39 is 0 Å². The molecule has 0 saturated carbocycles. The lowest BCUT2D eigenvalue weighted by Gasteiger charge is -2.24. The van der Waals surface area contributed by atoms with Gasteiger partial charge in [0.1, 0.15) is 0 Å². The minimum absolute atomic E-state index is 1.11. The van der Waals surface area contributed by atoms with Crippen LogP contribution in [0.1, 0.15) is 12.8 Å². The summed E-state index contributed by atoms with van der Waals surface area (Å²) in [6, 6.07) is 0. The summed E-state index contributed by atoms with van der Waals surface area (Å²) < 4.78 is 0. The summed E-state index contributed by atoms with van der Waals surface area (Å²) in [5, 5.41) is 0. The van der Waals surface area contributed by atoms with Crippen LogP contribution in [0.2, 0.25) is 0 Å². The zero-order valence-electron chi connectivity index (χ0n) is 7.67. The topological polar surface area (TPSA) is 18.8 Å². The van der Waals surface area contributed by atoms with E-state index in [0.29, 0.717) is 0 Å². The van der Waals surface area contributed by atoms with Crippen molar-refractivity contribution < 1.29 is 0 Å². The number of hydrogen-bond acceptors (Lipinski definition) is 1. The average molecular weight is 155 g/mol. The van der Waals surface area contributed by atoms with Crippen LogP contribution in [0.3, 0.4) is 0 Å². The van der Waals surface area contributed by atoms with Crippen molar-refractivity contribution in [1.29, 1.82) is 0 Å². The second kappa shape index (κ2) is 3.60. The lowest BCUT2D eigenvalue weighted by Crippen LogP contribution is -2.38. The van der Waals surface area contributed by atoms with Crippen molar-refractivity contribution >= 4 is 5.96 Å². The Morgan fingerprint density at radius 3 is 1.91 bits per heavy atom. The Bertz CT molecular complexity index is 139. The van der Waals surface area contributed by atoms with Gasteiger partial charge in [-0.25, -0.2) is 0 Å². The van der Waals surface area contributed by atoms with Gasteiger partial charge in [-0.05, 0) is 12.8 Å². The summed E-state index contributed by atoms with van der Waals surface area (Å²) in [5.41, 5.74) is 0. The molecule has 1 aliphatic rings. The van der Waals surface area contributed by atoms with Crippen LogP contribution in [0.4, 0.5) is 0 Å². The maximum absolute atomic E-state index is 4.24. The molecule has 1 rings (SSSR count). The zero-order valence-corrected chi connectivity index (χ0v) is 7.67. The summed E-state index contributed by atoms with van der Waals surface area (Å²) in [7, 11) is 6.06. The van der Waals surface area contributed by atoms with E-state index in [4.69, 9.17) is 0 Å². The lowest BCUT2D eigenvalue weighted by atomic mass is 10.3. The third-order valence-corrected chi connectivity index (χ3v) is 2.12. The quantitative estimate of drug-likeness (QED) is 0.511. The fraction of sp³-hybridized carbons (Fsp3) is 0.875. The van der Waals surface area contributed by atoms with Gasteiger partial charge in [0.05, 0.1) is 0 Å². The first-order valence-corrected chi connectivity index (χ1v) is 4.14. The number of nitrogens with zero attached hydrogens (tertiary/aromatic N) is 3. The van der Waals surface area contributed by atoms with Crippen molar-refractivity contribution in [2.45, 2.75) is 12.8 Å². The highest BCUT2D eigenvalue weighted by atomic mass is 15.4. The first-order chi connectivity index (χ1) is 5.25. The Morgan fingerprint density at radius 2 is 1.55 bits per heavy atom. The number of rotatable bonds is 0. The van der Waals surface area contributed by atoms with Gasteiger partial charge in [0.25, 0.3) is 0 Å². The largest absolute Gasteiger partial charge is 0.346 e. The Hall–Kier alpha value is -0.730. The first-order valence-electron chi connectivity index (χ1n) is 4.14. The molecule has 0 spiro atoms. The monoisotopic (exact) mass is 155 g/mol. The van der Waals surface area contributed by atoms with E-state index >= 15 is 0 Å². The number of hydrogen-bond donors (Lipinski definition) is 0. The van der Waals surface area contributed by atoms with Crippen molar-refractivity contribution in [2.75, 3.05) is 34.2 Å². The van der Waals surface area contributed by atoms with E-state index in [1.807, 2.05) is 7.05 Å². The SMILES string of the molecule is CN=C1N(C)CCCCN1C. The minimum Gasteiger partial charge on any atom is -0.346 e. The highest BCUT2D eigenvalue weighted by molar-refractivity contribution is 5.79. The van der Waals surface area contributed by atoms with Gasteiger partial charge >= 0.3 is 0 Å². The van der Waals surface area contributed by atoms with E-state index in [2.05, 4.69) is 28.9 Å². The summed E-state index contributed by atoms with van der Waals surface area (Å²) in [6.07, 6.45) is 2.56. The van der Waals surface area contributed by atoms with Crippen LogP contribution in [0, 0.1) is 0 Å². The molecule has 0 radical (unpaired) electrons. The van der Waals surface area contributed by atoms with Crippen molar-refractivity contribution in [2.24, 2.45) is 4.99 Å². The van der Waals surface area contributed by atoms with Crippen molar-refractivity contribution in [1.82, 2.24) is 9.80 Å². The zero-order chi connectivity index (χ0) is 8.27. The molecule has 0 atom stereocenters. The standard InChI is InChI=1S/C8H17N3/c1-9-8-10(2)6-4-5-7-11(8)3/h4-7H2,1-3H3. The highest BCUT2D eigenvalue weighted by Gasteiger charge is 2.13. The predicted molar refractivity (Wildman–Crippen MR) is 47.9 cm³/mol. The fourth-order valence-electron chi connectivity index (χ4n) is 1.53. The van der Waals surface area contributed by atoms with E-state index in [1.165, 1.54) is 12.8 Å².